The zero-order valence-electron chi connectivity index (χ0n) is 12.3. The van der Waals surface area contributed by atoms with Gasteiger partial charge in [-0.3, -0.25) is 4.79 Å². The highest BCUT2D eigenvalue weighted by Crippen LogP contribution is 2.24. The summed E-state index contributed by atoms with van der Waals surface area (Å²) >= 11 is 0. The lowest BCUT2D eigenvalue weighted by atomic mass is 10.0. The third-order valence-electron chi connectivity index (χ3n) is 3.14. The van der Waals surface area contributed by atoms with Crippen LogP contribution in [0, 0.1) is 5.92 Å². The molecule has 0 aliphatic carbocycles. The fraction of sp³-hybridized carbons (Fsp3) is 0.533. The zero-order chi connectivity index (χ0) is 16.0. The largest absolute Gasteiger partial charge is 0.573 e. The second-order valence-corrected chi connectivity index (χ2v) is 5.04. The first-order chi connectivity index (χ1) is 9.73. The van der Waals surface area contributed by atoms with Crippen LogP contribution >= 0.6 is 0 Å². The number of nitrogens with one attached hydrogen (secondary N) is 1. The summed E-state index contributed by atoms with van der Waals surface area (Å²) in [6, 6.07) is 5.23. The molecule has 0 aliphatic heterocycles. The first-order valence-corrected chi connectivity index (χ1v) is 6.89. The van der Waals surface area contributed by atoms with Gasteiger partial charge in [-0.1, -0.05) is 32.4 Å². The van der Waals surface area contributed by atoms with Crippen molar-refractivity contribution in [1.29, 1.82) is 0 Å². The molecule has 1 aromatic rings. The minimum absolute atomic E-state index is 0.0556. The third-order valence-corrected chi connectivity index (χ3v) is 3.14. The SMILES string of the molecule is CCCC(C)C(=O)NC(C)c1ccc(OC(F)(F)F)cc1. The van der Waals surface area contributed by atoms with Gasteiger partial charge >= 0.3 is 6.36 Å². The maximum absolute atomic E-state index is 12.1. The van der Waals surface area contributed by atoms with E-state index in [1.54, 1.807) is 6.92 Å². The van der Waals surface area contributed by atoms with Crippen LogP contribution < -0.4 is 10.1 Å². The smallest absolute Gasteiger partial charge is 0.406 e. The Kier molecular flexibility index (Phi) is 6.05. The Balaban J connectivity index is 2.63. The monoisotopic (exact) mass is 303 g/mol. The number of hydrogen-bond donors (Lipinski definition) is 1. The maximum Gasteiger partial charge on any atom is 0.573 e. The van der Waals surface area contributed by atoms with Crippen molar-refractivity contribution in [2.45, 2.75) is 46.0 Å². The van der Waals surface area contributed by atoms with Gasteiger partial charge in [0.05, 0.1) is 6.04 Å². The van der Waals surface area contributed by atoms with Gasteiger partial charge in [-0.25, -0.2) is 0 Å². The molecule has 2 atom stereocenters. The van der Waals surface area contributed by atoms with Gasteiger partial charge in [-0.15, -0.1) is 13.2 Å². The van der Waals surface area contributed by atoms with Gasteiger partial charge in [0.25, 0.3) is 0 Å². The highest BCUT2D eigenvalue weighted by Gasteiger charge is 2.31. The Morgan fingerprint density at radius 1 is 1.24 bits per heavy atom. The van der Waals surface area contributed by atoms with Crippen LogP contribution in [0.25, 0.3) is 0 Å². The second kappa shape index (κ2) is 7.33. The van der Waals surface area contributed by atoms with Gasteiger partial charge in [0.2, 0.25) is 5.91 Å². The number of amides is 1. The molecular formula is C15H20F3NO2. The molecule has 0 heterocycles. The van der Waals surface area contributed by atoms with Crippen LogP contribution in [-0.2, 0) is 4.79 Å². The Morgan fingerprint density at radius 3 is 2.29 bits per heavy atom. The fourth-order valence-corrected chi connectivity index (χ4v) is 1.96. The van der Waals surface area contributed by atoms with Crippen molar-refractivity contribution in [3.63, 3.8) is 0 Å². The van der Waals surface area contributed by atoms with E-state index >= 15 is 0 Å². The number of ether oxygens (including phenoxy) is 1. The van der Waals surface area contributed by atoms with E-state index in [9.17, 15) is 18.0 Å². The summed E-state index contributed by atoms with van der Waals surface area (Å²) in [7, 11) is 0. The molecule has 118 valence electrons. The number of hydrogen-bond acceptors (Lipinski definition) is 2. The van der Waals surface area contributed by atoms with Gasteiger partial charge in [0, 0.05) is 5.92 Å². The Labute approximate surface area is 122 Å². The number of carbonyl (C=O) groups is 1. The summed E-state index contributed by atoms with van der Waals surface area (Å²) in [6.07, 6.45) is -2.97. The van der Waals surface area contributed by atoms with Gasteiger partial charge in [-0.2, -0.15) is 0 Å². The molecule has 1 N–H and O–H groups in total. The van der Waals surface area contributed by atoms with Crippen LogP contribution in [-0.4, -0.2) is 12.3 Å². The van der Waals surface area contributed by atoms with Crippen LogP contribution in [0.15, 0.2) is 24.3 Å². The van der Waals surface area contributed by atoms with E-state index in [1.165, 1.54) is 24.3 Å². The first kappa shape index (κ1) is 17.3. The van der Waals surface area contributed by atoms with Crippen molar-refractivity contribution < 1.29 is 22.7 Å². The minimum atomic E-state index is -4.70. The lowest BCUT2D eigenvalue weighted by Gasteiger charge is -2.18. The molecule has 1 amide bonds. The standard InChI is InChI=1S/C15H20F3NO2/c1-4-5-10(2)14(20)19-11(3)12-6-8-13(9-7-12)21-15(16,17)18/h6-11H,4-5H2,1-3H3,(H,19,20). The van der Waals surface area contributed by atoms with Crippen LogP contribution in [0.4, 0.5) is 13.2 Å². The molecule has 0 spiro atoms. The molecule has 0 aromatic heterocycles. The average Bonchev–Trinajstić information content (AvgIpc) is 2.37. The van der Waals surface area contributed by atoms with Gasteiger partial charge in [0.1, 0.15) is 5.75 Å². The van der Waals surface area contributed by atoms with E-state index in [4.69, 9.17) is 0 Å². The molecule has 0 radical (unpaired) electrons. The molecule has 0 aliphatic rings. The first-order valence-electron chi connectivity index (χ1n) is 6.89. The second-order valence-electron chi connectivity index (χ2n) is 5.04. The molecule has 6 heteroatoms. The Hall–Kier alpha value is -1.72. The number of benzene rings is 1. The van der Waals surface area contributed by atoms with E-state index in [0.717, 1.165) is 18.4 Å². The van der Waals surface area contributed by atoms with Crippen LogP contribution in [0.3, 0.4) is 0 Å². The predicted octanol–water partition coefficient (Wildman–Crippen LogP) is 4.20. The molecule has 1 rings (SSSR count). The number of carbonyl (C=O) groups excluding carboxylic acids is 1. The Bertz CT molecular complexity index is 457. The summed E-state index contributed by atoms with van der Waals surface area (Å²) in [5.41, 5.74) is 0.724. The third kappa shape index (κ3) is 6.06. The van der Waals surface area contributed by atoms with Gasteiger partial charge in [-0.05, 0) is 31.0 Å². The molecule has 2 unspecified atom stereocenters. The number of halogens is 3. The molecule has 0 fully saturated rings. The molecule has 3 nitrogen and oxygen atoms in total. The van der Waals surface area contributed by atoms with E-state index < -0.39 is 6.36 Å². The number of rotatable bonds is 6. The van der Waals surface area contributed by atoms with E-state index in [0.29, 0.717) is 0 Å². The molecule has 1 aromatic carbocycles. The maximum atomic E-state index is 12.1. The summed E-state index contributed by atoms with van der Waals surface area (Å²) in [4.78, 5) is 11.9. The summed E-state index contributed by atoms with van der Waals surface area (Å²) in [5, 5.41) is 2.85. The van der Waals surface area contributed by atoms with Gasteiger partial charge < -0.3 is 10.1 Å². The molecule has 0 saturated carbocycles. The van der Waals surface area contributed by atoms with Crippen molar-refractivity contribution >= 4 is 5.91 Å². The topological polar surface area (TPSA) is 38.3 Å². The summed E-state index contributed by atoms with van der Waals surface area (Å²) in [6.45, 7) is 5.65. The molecular weight excluding hydrogens is 283 g/mol. The lowest BCUT2D eigenvalue weighted by molar-refractivity contribution is -0.274. The molecule has 0 saturated heterocycles. The van der Waals surface area contributed by atoms with E-state index in [1.807, 2.05) is 13.8 Å². The van der Waals surface area contributed by atoms with Crippen LogP contribution in [0.1, 0.15) is 45.2 Å². The molecule has 0 bridgehead atoms. The quantitative estimate of drug-likeness (QED) is 0.855. The minimum Gasteiger partial charge on any atom is -0.406 e. The van der Waals surface area contributed by atoms with Crippen LogP contribution in [0.2, 0.25) is 0 Å². The van der Waals surface area contributed by atoms with Crippen molar-refractivity contribution in [1.82, 2.24) is 5.32 Å². The fourth-order valence-electron chi connectivity index (χ4n) is 1.96. The predicted molar refractivity (Wildman–Crippen MR) is 73.8 cm³/mol. The molecule has 21 heavy (non-hydrogen) atoms. The van der Waals surface area contributed by atoms with Gasteiger partial charge in [0.15, 0.2) is 0 Å². The normalized spacial score (nSPS) is 14.4. The van der Waals surface area contributed by atoms with Crippen molar-refractivity contribution in [3.8, 4) is 5.75 Å². The number of alkyl halides is 3. The van der Waals surface area contributed by atoms with E-state index in [-0.39, 0.29) is 23.6 Å². The highest BCUT2D eigenvalue weighted by atomic mass is 19.4. The lowest BCUT2D eigenvalue weighted by Crippen LogP contribution is -2.31. The van der Waals surface area contributed by atoms with Crippen molar-refractivity contribution in [3.05, 3.63) is 29.8 Å². The van der Waals surface area contributed by atoms with Crippen molar-refractivity contribution in [2.24, 2.45) is 5.92 Å². The summed E-state index contributed by atoms with van der Waals surface area (Å²) in [5.74, 6) is -0.408. The average molecular weight is 303 g/mol. The van der Waals surface area contributed by atoms with E-state index in [2.05, 4.69) is 10.1 Å². The highest BCUT2D eigenvalue weighted by molar-refractivity contribution is 5.78. The zero-order valence-corrected chi connectivity index (χ0v) is 12.3. The van der Waals surface area contributed by atoms with Crippen LogP contribution in [0.5, 0.6) is 5.75 Å². The Morgan fingerprint density at radius 2 is 1.81 bits per heavy atom. The van der Waals surface area contributed by atoms with Crippen molar-refractivity contribution in [2.75, 3.05) is 0 Å². The summed E-state index contributed by atoms with van der Waals surface area (Å²) < 4.78 is 40.0.